The fraction of sp³-hybridized carbons (Fsp3) is 0.538. The van der Waals surface area contributed by atoms with Crippen molar-refractivity contribution in [1.29, 1.82) is 0 Å². The smallest absolute Gasteiger partial charge is 0.122 e. The molecule has 0 radical (unpaired) electrons. The third kappa shape index (κ3) is 5.84. The molecule has 0 spiro atoms. The highest BCUT2D eigenvalue weighted by Crippen LogP contribution is 2.27. The summed E-state index contributed by atoms with van der Waals surface area (Å²) in [5, 5.41) is 0. The summed E-state index contributed by atoms with van der Waals surface area (Å²) in [5.41, 5.74) is 6.62. The van der Waals surface area contributed by atoms with E-state index < -0.39 is 0 Å². The molecule has 96 valence electrons. The molecular weight excluding hydrogens is 232 g/mol. The van der Waals surface area contributed by atoms with Crippen molar-refractivity contribution in [3.63, 3.8) is 0 Å². The van der Waals surface area contributed by atoms with Gasteiger partial charge >= 0.3 is 0 Å². The van der Waals surface area contributed by atoms with Crippen molar-refractivity contribution in [3.8, 4) is 5.75 Å². The van der Waals surface area contributed by atoms with Crippen molar-refractivity contribution < 1.29 is 4.74 Å². The van der Waals surface area contributed by atoms with Crippen LogP contribution in [-0.2, 0) is 0 Å². The standard InChI is InChI=1S/C13H22N2OS/c1-10(2)16-12-7-11(14)8-13(9-12)17-6-5-15(3)4/h7-10H,5-6,14H2,1-4H3. The number of rotatable bonds is 6. The van der Waals surface area contributed by atoms with Crippen LogP contribution in [0.5, 0.6) is 5.75 Å². The molecule has 0 aromatic heterocycles. The molecule has 0 fully saturated rings. The number of hydrogen-bond donors (Lipinski definition) is 1. The molecule has 0 aliphatic rings. The van der Waals surface area contributed by atoms with E-state index in [0.29, 0.717) is 0 Å². The number of nitrogens with zero attached hydrogens (tertiary/aromatic N) is 1. The van der Waals surface area contributed by atoms with Crippen LogP contribution in [0.3, 0.4) is 0 Å². The zero-order chi connectivity index (χ0) is 12.8. The van der Waals surface area contributed by atoms with Gasteiger partial charge in [-0.2, -0.15) is 0 Å². The molecule has 1 aromatic rings. The van der Waals surface area contributed by atoms with Gasteiger partial charge in [-0.05, 0) is 40.1 Å². The van der Waals surface area contributed by atoms with Gasteiger partial charge in [0.1, 0.15) is 5.75 Å². The molecule has 0 aliphatic heterocycles. The minimum Gasteiger partial charge on any atom is -0.491 e. The number of nitrogens with two attached hydrogens (primary N) is 1. The Balaban J connectivity index is 2.62. The molecule has 2 N–H and O–H groups in total. The zero-order valence-corrected chi connectivity index (χ0v) is 11.9. The van der Waals surface area contributed by atoms with Crippen LogP contribution in [0.25, 0.3) is 0 Å². The van der Waals surface area contributed by atoms with E-state index in [-0.39, 0.29) is 6.10 Å². The fourth-order valence-electron chi connectivity index (χ4n) is 1.36. The zero-order valence-electron chi connectivity index (χ0n) is 11.1. The highest BCUT2D eigenvalue weighted by molar-refractivity contribution is 7.99. The lowest BCUT2D eigenvalue weighted by molar-refractivity contribution is 0.242. The minimum absolute atomic E-state index is 0.177. The van der Waals surface area contributed by atoms with E-state index in [1.54, 1.807) is 11.8 Å². The Kier molecular flexibility index (Phi) is 5.65. The lowest BCUT2D eigenvalue weighted by Gasteiger charge is -2.13. The van der Waals surface area contributed by atoms with E-state index in [9.17, 15) is 0 Å². The summed E-state index contributed by atoms with van der Waals surface area (Å²) in [6.07, 6.45) is 0.177. The van der Waals surface area contributed by atoms with E-state index in [1.807, 2.05) is 26.0 Å². The van der Waals surface area contributed by atoms with Crippen molar-refractivity contribution >= 4 is 17.4 Å². The molecule has 0 saturated heterocycles. The normalized spacial score (nSPS) is 11.2. The summed E-state index contributed by atoms with van der Waals surface area (Å²) in [7, 11) is 4.15. The molecule has 1 rings (SSSR count). The predicted octanol–water partition coefficient (Wildman–Crippen LogP) is 2.71. The molecule has 0 atom stereocenters. The van der Waals surface area contributed by atoms with Crippen molar-refractivity contribution in [2.24, 2.45) is 0 Å². The molecular formula is C13H22N2OS. The van der Waals surface area contributed by atoms with Crippen LogP contribution in [0.15, 0.2) is 23.1 Å². The van der Waals surface area contributed by atoms with Gasteiger partial charge in [0.05, 0.1) is 6.10 Å². The van der Waals surface area contributed by atoms with Crippen LogP contribution >= 0.6 is 11.8 Å². The van der Waals surface area contributed by atoms with Gasteiger partial charge in [-0.1, -0.05) is 0 Å². The second kappa shape index (κ2) is 6.77. The molecule has 0 aliphatic carbocycles. The van der Waals surface area contributed by atoms with Crippen molar-refractivity contribution in [2.75, 3.05) is 32.1 Å². The topological polar surface area (TPSA) is 38.5 Å². The van der Waals surface area contributed by atoms with Crippen LogP contribution in [-0.4, -0.2) is 37.4 Å². The number of thioether (sulfide) groups is 1. The van der Waals surface area contributed by atoms with Crippen LogP contribution in [0.4, 0.5) is 5.69 Å². The van der Waals surface area contributed by atoms with Crippen molar-refractivity contribution in [2.45, 2.75) is 24.8 Å². The Hall–Kier alpha value is -0.870. The second-order valence-electron chi connectivity index (χ2n) is 4.56. The summed E-state index contributed by atoms with van der Waals surface area (Å²) in [6.45, 7) is 5.09. The lowest BCUT2D eigenvalue weighted by Crippen LogP contribution is -2.14. The Morgan fingerprint density at radius 1 is 1.29 bits per heavy atom. The largest absolute Gasteiger partial charge is 0.491 e. The first-order valence-electron chi connectivity index (χ1n) is 5.82. The SMILES string of the molecule is CC(C)Oc1cc(N)cc(SCCN(C)C)c1. The highest BCUT2D eigenvalue weighted by atomic mass is 32.2. The third-order valence-electron chi connectivity index (χ3n) is 2.08. The number of ether oxygens (including phenoxy) is 1. The Morgan fingerprint density at radius 3 is 2.59 bits per heavy atom. The first-order chi connectivity index (χ1) is 7.97. The van der Waals surface area contributed by atoms with E-state index in [0.717, 1.165) is 23.7 Å². The van der Waals surface area contributed by atoms with E-state index in [4.69, 9.17) is 10.5 Å². The van der Waals surface area contributed by atoms with Crippen molar-refractivity contribution in [1.82, 2.24) is 4.90 Å². The second-order valence-corrected chi connectivity index (χ2v) is 5.72. The monoisotopic (exact) mass is 254 g/mol. The fourth-order valence-corrected chi connectivity index (χ4v) is 2.47. The van der Waals surface area contributed by atoms with Gasteiger partial charge in [0, 0.05) is 28.9 Å². The molecule has 0 unspecified atom stereocenters. The van der Waals surface area contributed by atoms with Crippen molar-refractivity contribution in [3.05, 3.63) is 18.2 Å². The Labute approximate surface area is 108 Å². The van der Waals surface area contributed by atoms with E-state index >= 15 is 0 Å². The maximum absolute atomic E-state index is 5.86. The summed E-state index contributed by atoms with van der Waals surface area (Å²) in [5.74, 6) is 1.91. The third-order valence-corrected chi connectivity index (χ3v) is 3.04. The Bertz CT molecular complexity index is 353. The number of hydrogen-bond acceptors (Lipinski definition) is 4. The first kappa shape index (κ1) is 14.2. The van der Waals surface area contributed by atoms with Crippen LogP contribution < -0.4 is 10.5 Å². The summed E-state index contributed by atoms with van der Waals surface area (Å²) >= 11 is 1.80. The quantitative estimate of drug-likeness (QED) is 0.626. The van der Waals surface area contributed by atoms with E-state index in [1.165, 1.54) is 4.90 Å². The van der Waals surface area contributed by atoms with Gasteiger partial charge in [0.25, 0.3) is 0 Å². The van der Waals surface area contributed by atoms with Gasteiger partial charge in [-0.25, -0.2) is 0 Å². The van der Waals surface area contributed by atoms with Gasteiger partial charge in [-0.15, -0.1) is 11.8 Å². The number of benzene rings is 1. The van der Waals surface area contributed by atoms with E-state index in [2.05, 4.69) is 25.1 Å². The predicted molar refractivity (Wildman–Crippen MR) is 75.9 cm³/mol. The van der Waals surface area contributed by atoms with Crippen LogP contribution in [0.2, 0.25) is 0 Å². The number of nitrogen functional groups attached to an aromatic ring is 1. The molecule has 17 heavy (non-hydrogen) atoms. The summed E-state index contributed by atoms with van der Waals surface area (Å²) in [4.78, 5) is 3.34. The van der Waals surface area contributed by atoms with Gasteiger partial charge in [-0.3, -0.25) is 0 Å². The maximum Gasteiger partial charge on any atom is 0.122 e. The summed E-state index contributed by atoms with van der Waals surface area (Å²) < 4.78 is 5.66. The minimum atomic E-state index is 0.177. The average molecular weight is 254 g/mol. The first-order valence-corrected chi connectivity index (χ1v) is 6.80. The molecule has 0 bridgehead atoms. The molecule has 4 heteroatoms. The highest BCUT2D eigenvalue weighted by Gasteiger charge is 2.03. The molecule has 1 aromatic carbocycles. The molecule has 3 nitrogen and oxygen atoms in total. The van der Waals surface area contributed by atoms with Crippen LogP contribution in [0.1, 0.15) is 13.8 Å². The van der Waals surface area contributed by atoms with Gasteiger partial charge in [0.15, 0.2) is 0 Å². The Morgan fingerprint density at radius 2 is 2.00 bits per heavy atom. The van der Waals surface area contributed by atoms with Gasteiger partial charge < -0.3 is 15.4 Å². The number of anilines is 1. The summed E-state index contributed by atoms with van der Waals surface area (Å²) in [6, 6.07) is 5.92. The molecule has 0 heterocycles. The average Bonchev–Trinajstić information content (AvgIpc) is 2.14. The maximum atomic E-state index is 5.86. The molecule has 0 amide bonds. The molecule has 0 saturated carbocycles. The van der Waals surface area contributed by atoms with Gasteiger partial charge in [0.2, 0.25) is 0 Å². The lowest BCUT2D eigenvalue weighted by atomic mass is 10.3. The van der Waals surface area contributed by atoms with Crippen LogP contribution in [0, 0.1) is 0 Å².